The summed E-state index contributed by atoms with van der Waals surface area (Å²) in [5, 5.41) is 33.5. The quantitative estimate of drug-likeness (QED) is 0.264. The fourth-order valence-corrected chi connectivity index (χ4v) is 5.03. The topological polar surface area (TPSA) is 192 Å². The SMILES string of the molecule is C[C@@H](NC(=O)OC(C)(C)C)C(=O)OCC1O[C@@H](Oc2ccc3c(=O)c(-c4ccc5c(c4)OCCO5)c(C(F)(F)F)oc3c2)C(O)C(O)[C@@H]1O. The van der Waals surface area contributed by atoms with E-state index in [4.69, 9.17) is 32.8 Å². The first-order valence-electron chi connectivity index (χ1n) is 15.0. The maximum absolute atomic E-state index is 14.2. The Balaban J connectivity index is 1.35. The summed E-state index contributed by atoms with van der Waals surface area (Å²) in [7, 11) is 0. The second kappa shape index (κ2) is 13.7. The molecule has 1 fully saturated rings. The molecular formula is C32H34F3NO13. The highest BCUT2D eigenvalue weighted by atomic mass is 19.4. The molecule has 4 N–H and O–H groups in total. The number of carbonyl (C=O) groups is 2. The first-order chi connectivity index (χ1) is 22.9. The van der Waals surface area contributed by atoms with E-state index in [0.29, 0.717) is 5.75 Å². The summed E-state index contributed by atoms with van der Waals surface area (Å²) in [6, 6.07) is 6.07. The number of carbonyl (C=O) groups excluding carboxylic acids is 2. The van der Waals surface area contributed by atoms with Gasteiger partial charge in [-0.3, -0.25) is 4.79 Å². The molecule has 0 spiro atoms. The molecule has 3 unspecified atom stereocenters. The van der Waals surface area contributed by atoms with Crippen molar-refractivity contribution < 1.29 is 70.9 Å². The molecule has 2 aliphatic heterocycles. The zero-order chi connectivity index (χ0) is 35.8. The highest BCUT2D eigenvalue weighted by Gasteiger charge is 2.46. The van der Waals surface area contributed by atoms with Crippen LogP contribution in [-0.2, 0) is 25.2 Å². The molecule has 14 nitrogen and oxygen atoms in total. The van der Waals surface area contributed by atoms with Crippen molar-refractivity contribution in [1.29, 1.82) is 0 Å². The molecule has 1 saturated heterocycles. The first kappa shape index (κ1) is 35.7. The number of esters is 1. The van der Waals surface area contributed by atoms with Crippen molar-refractivity contribution in [3.63, 3.8) is 0 Å². The molecule has 2 aliphatic rings. The number of alkyl halides is 3. The van der Waals surface area contributed by atoms with E-state index in [0.717, 1.165) is 12.1 Å². The van der Waals surface area contributed by atoms with Crippen molar-refractivity contribution in [2.45, 2.75) is 76.2 Å². The summed E-state index contributed by atoms with van der Waals surface area (Å²) in [5.74, 6) is -2.29. The van der Waals surface area contributed by atoms with E-state index in [1.165, 1.54) is 31.2 Å². The molecule has 49 heavy (non-hydrogen) atoms. The van der Waals surface area contributed by atoms with Crippen molar-refractivity contribution in [2.24, 2.45) is 0 Å². The predicted octanol–water partition coefficient (Wildman–Crippen LogP) is 2.89. The van der Waals surface area contributed by atoms with Gasteiger partial charge in [-0.25, -0.2) is 9.59 Å². The standard InChI is InChI=1S/C32H34F3NO13/c1-14(36-30(42)49-31(2,3)4)28(41)45-13-21-24(38)25(39)26(40)29(48-21)46-16-6-7-17-19(12-16)47-27(32(33,34)35)22(23(17)37)15-5-8-18-20(11-15)44-10-9-43-18/h5-8,11-12,14,21,24-26,29,38-40H,9-10,13H2,1-4H3,(H,36,42)/t14-,21?,24-,25?,26?,29-/m1/s1. The van der Waals surface area contributed by atoms with Gasteiger partial charge in [0.1, 0.15) is 67.2 Å². The lowest BCUT2D eigenvalue weighted by atomic mass is 9.99. The third-order valence-electron chi connectivity index (χ3n) is 7.35. The van der Waals surface area contributed by atoms with Gasteiger partial charge in [0.2, 0.25) is 17.5 Å². The zero-order valence-electron chi connectivity index (χ0n) is 26.6. The number of alkyl carbamates (subject to hydrolysis) is 1. The lowest BCUT2D eigenvalue weighted by Gasteiger charge is -2.40. The van der Waals surface area contributed by atoms with E-state index < -0.39 is 89.5 Å². The predicted molar refractivity (Wildman–Crippen MR) is 161 cm³/mol. The van der Waals surface area contributed by atoms with E-state index in [-0.39, 0.29) is 35.7 Å². The van der Waals surface area contributed by atoms with E-state index in [1.54, 1.807) is 20.8 Å². The molecule has 1 aromatic heterocycles. The molecule has 0 bridgehead atoms. The fraction of sp³-hybridized carbons (Fsp3) is 0.469. The van der Waals surface area contributed by atoms with Gasteiger partial charge in [-0.05, 0) is 57.5 Å². The number of fused-ring (bicyclic) bond motifs is 2. The molecule has 266 valence electrons. The Hall–Kier alpha value is -4.58. The van der Waals surface area contributed by atoms with Crippen molar-refractivity contribution in [3.8, 4) is 28.4 Å². The minimum Gasteiger partial charge on any atom is -0.486 e. The average Bonchev–Trinajstić information content (AvgIpc) is 3.02. The van der Waals surface area contributed by atoms with Crippen LogP contribution in [-0.4, -0.2) is 89.6 Å². The molecule has 0 aliphatic carbocycles. The number of rotatable bonds is 7. The van der Waals surface area contributed by atoms with Crippen LogP contribution in [0.15, 0.2) is 45.6 Å². The highest BCUT2D eigenvalue weighted by molar-refractivity contribution is 5.84. The van der Waals surface area contributed by atoms with Gasteiger partial charge in [-0.1, -0.05) is 6.07 Å². The van der Waals surface area contributed by atoms with Crippen molar-refractivity contribution in [1.82, 2.24) is 5.32 Å². The Kier molecular flexibility index (Phi) is 10.0. The van der Waals surface area contributed by atoms with Gasteiger partial charge in [0.05, 0.1) is 10.9 Å². The number of nitrogens with one attached hydrogen (secondary N) is 1. The van der Waals surface area contributed by atoms with Crippen molar-refractivity contribution >= 4 is 23.0 Å². The van der Waals surface area contributed by atoms with Crippen LogP contribution in [0.1, 0.15) is 33.5 Å². The largest absolute Gasteiger partial charge is 0.486 e. The number of aliphatic hydroxyl groups excluding tert-OH is 3. The Morgan fingerprint density at radius 2 is 1.67 bits per heavy atom. The summed E-state index contributed by atoms with van der Waals surface area (Å²) >= 11 is 0. The number of aliphatic hydroxyl groups is 3. The van der Waals surface area contributed by atoms with Gasteiger partial charge in [0, 0.05) is 6.07 Å². The molecule has 0 saturated carbocycles. The van der Waals surface area contributed by atoms with Gasteiger partial charge in [-0.15, -0.1) is 0 Å². The van der Waals surface area contributed by atoms with Crippen LogP contribution in [0.25, 0.3) is 22.1 Å². The monoisotopic (exact) mass is 697 g/mol. The molecule has 0 radical (unpaired) electrons. The maximum atomic E-state index is 14.2. The summed E-state index contributed by atoms with van der Waals surface area (Å²) in [5.41, 5.74) is -3.20. The first-order valence-corrected chi connectivity index (χ1v) is 15.0. The zero-order valence-corrected chi connectivity index (χ0v) is 26.6. The minimum atomic E-state index is -5.10. The molecule has 2 aromatic carbocycles. The Labute approximate surface area is 276 Å². The number of hydrogen-bond acceptors (Lipinski definition) is 13. The fourth-order valence-electron chi connectivity index (χ4n) is 5.03. The van der Waals surface area contributed by atoms with Crippen LogP contribution in [0, 0.1) is 0 Å². The third kappa shape index (κ3) is 8.01. The van der Waals surface area contributed by atoms with E-state index in [1.807, 2.05) is 0 Å². The molecule has 3 heterocycles. The smallest absolute Gasteiger partial charge is 0.450 e. The van der Waals surface area contributed by atoms with Crippen LogP contribution < -0.4 is 25.0 Å². The number of benzene rings is 2. The summed E-state index contributed by atoms with van der Waals surface area (Å²) in [4.78, 5) is 37.9. The lowest BCUT2D eigenvalue weighted by molar-refractivity contribution is -0.278. The molecule has 3 aromatic rings. The van der Waals surface area contributed by atoms with Crippen molar-refractivity contribution in [3.05, 3.63) is 52.4 Å². The second-order valence-electron chi connectivity index (χ2n) is 12.3. The summed E-state index contributed by atoms with van der Waals surface area (Å²) < 4.78 is 80.2. The molecular weight excluding hydrogens is 663 g/mol. The van der Waals surface area contributed by atoms with Crippen LogP contribution >= 0.6 is 0 Å². The molecule has 1 amide bonds. The van der Waals surface area contributed by atoms with Gasteiger partial charge in [0.25, 0.3) is 0 Å². The minimum absolute atomic E-state index is 0.111. The van der Waals surface area contributed by atoms with Crippen LogP contribution in [0.2, 0.25) is 0 Å². The molecule has 6 atom stereocenters. The maximum Gasteiger partial charge on any atom is 0.450 e. The second-order valence-corrected chi connectivity index (χ2v) is 12.3. The molecule has 17 heteroatoms. The number of ether oxygens (including phenoxy) is 6. The normalized spacial score (nSPS) is 23.0. The number of amides is 1. The Bertz CT molecular complexity index is 1770. The lowest BCUT2D eigenvalue weighted by Crippen LogP contribution is -2.60. The van der Waals surface area contributed by atoms with Crippen LogP contribution in [0.4, 0.5) is 18.0 Å². The highest BCUT2D eigenvalue weighted by Crippen LogP contribution is 2.41. The van der Waals surface area contributed by atoms with Crippen LogP contribution in [0.3, 0.4) is 0 Å². The molecule has 5 rings (SSSR count). The van der Waals surface area contributed by atoms with Gasteiger partial charge >= 0.3 is 18.2 Å². The van der Waals surface area contributed by atoms with Gasteiger partial charge in [0.15, 0.2) is 11.5 Å². The number of hydrogen-bond donors (Lipinski definition) is 4. The summed E-state index contributed by atoms with van der Waals surface area (Å²) in [6.45, 7) is 5.97. The third-order valence-corrected chi connectivity index (χ3v) is 7.35. The van der Waals surface area contributed by atoms with Gasteiger partial charge < -0.3 is 53.5 Å². The van der Waals surface area contributed by atoms with Gasteiger partial charge in [-0.2, -0.15) is 13.2 Å². The van der Waals surface area contributed by atoms with Crippen LogP contribution in [0.5, 0.6) is 17.2 Å². The Morgan fingerprint density at radius 3 is 2.35 bits per heavy atom. The van der Waals surface area contributed by atoms with E-state index in [2.05, 4.69) is 5.32 Å². The van der Waals surface area contributed by atoms with E-state index >= 15 is 0 Å². The van der Waals surface area contributed by atoms with Crippen molar-refractivity contribution in [2.75, 3.05) is 19.8 Å². The van der Waals surface area contributed by atoms with E-state index in [9.17, 15) is 42.9 Å². The average molecular weight is 698 g/mol. The Morgan fingerprint density at radius 1 is 0.980 bits per heavy atom. The number of halogens is 3. The summed E-state index contributed by atoms with van der Waals surface area (Å²) in [6.07, 6.45) is -14.7.